The lowest BCUT2D eigenvalue weighted by Crippen LogP contribution is -2.41. The van der Waals surface area contributed by atoms with Gasteiger partial charge in [-0.05, 0) is 53.6 Å². The Labute approximate surface area is 236 Å². The van der Waals surface area contributed by atoms with Gasteiger partial charge in [-0.2, -0.15) is 0 Å². The van der Waals surface area contributed by atoms with E-state index in [4.69, 9.17) is 37.0 Å². The van der Waals surface area contributed by atoms with Gasteiger partial charge < -0.3 is 25.3 Å². The number of anilines is 2. The van der Waals surface area contributed by atoms with E-state index < -0.39 is 17.8 Å². The molecule has 0 aromatic heterocycles. The van der Waals surface area contributed by atoms with Gasteiger partial charge in [0.25, 0.3) is 11.8 Å². The number of hydrogen-bond acceptors (Lipinski definition) is 6. The van der Waals surface area contributed by atoms with E-state index in [1.807, 2.05) is 36.4 Å². The van der Waals surface area contributed by atoms with Gasteiger partial charge in [-0.15, -0.1) is 0 Å². The van der Waals surface area contributed by atoms with Gasteiger partial charge in [0.05, 0.1) is 37.7 Å². The zero-order chi connectivity index (χ0) is 28.8. The molecule has 204 valence electrons. The van der Waals surface area contributed by atoms with E-state index in [1.165, 1.54) is 51.7 Å². The third-order valence-corrected chi connectivity index (χ3v) is 6.37. The highest BCUT2D eigenvalue weighted by molar-refractivity contribution is 6.34. The van der Waals surface area contributed by atoms with E-state index in [1.54, 1.807) is 18.2 Å². The van der Waals surface area contributed by atoms with Crippen molar-refractivity contribution in [2.24, 2.45) is 5.73 Å². The molecule has 9 nitrogen and oxygen atoms in total. The highest BCUT2D eigenvalue weighted by Crippen LogP contribution is 2.39. The molecule has 0 aliphatic rings. The lowest BCUT2D eigenvalue weighted by Gasteiger charge is -2.23. The van der Waals surface area contributed by atoms with Crippen LogP contribution in [0.3, 0.4) is 0 Å². The van der Waals surface area contributed by atoms with Crippen LogP contribution in [-0.2, 0) is 0 Å². The fraction of sp³-hybridized carbons (Fsp3) is 0.100. The smallest absolute Gasteiger partial charge is 0.265 e. The monoisotopic (exact) mass is 558 g/mol. The number of amides is 2. The summed E-state index contributed by atoms with van der Waals surface area (Å²) in [5.41, 5.74) is 8.68. The van der Waals surface area contributed by atoms with Crippen molar-refractivity contribution in [1.82, 2.24) is 0 Å². The van der Waals surface area contributed by atoms with Crippen LogP contribution in [0.5, 0.6) is 17.2 Å². The molecule has 0 heterocycles. The van der Waals surface area contributed by atoms with Gasteiger partial charge in [0.1, 0.15) is 0 Å². The lowest BCUT2D eigenvalue weighted by molar-refractivity contribution is 0.0999. The third kappa shape index (κ3) is 5.84. The van der Waals surface area contributed by atoms with Crippen LogP contribution >= 0.6 is 11.6 Å². The minimum Gasteiger partial charge on any atom is -0.493 e. The topological polar surface area (TPSA) is 127 Å². The minimum absolute atomic E-state index is 0.128. The molecule has 0 unspecified atom stereocenters. The van der Waals surface area contributed by atoms with E-state index in [0.29, 0.717) is 11.3 Å². The van der Waals surface area contributed by atoms with Crippen molar-refractivity contribution < 1.29 is 23.8 Å². The normalized spacial score (nSPS) is 10.4. The van der Waals surface area contributed by atoms with Crippen LogP contribution in [0.25, 0.3) is 11.1 Å². The number of methoxy groups -OCH3 is 3. The molecule has 0 aliphatic heterocycles. The Bertz CT molecular complexity index is 1550. The molecule has 4 aromatic rings. The van der Waals surface area contributed by atoms with Gasteiger partial charge in [0.2, 0.25) is 5.75 Å². The Morgan fingerprint density at radius 3 is 2.05 bits per heavy atom. The van der Waals surface area contributed by atoms with Crippen LogP contribution in [0.4, 0.5) is 11.4 Å². The standard InChI is InChI=1S/C30H27ClN4O5/c1-38-25-15-21(16-26(39-2)27(25)40-3)29(37)35(30(32)33)22-12-13-23(31)24(17-22)34-28(36)20-11-7-10-19(14-20)18-8-5-4-6-9-18/h4-17H,1-3H3,(H3,32,33)(H,34,36). The van der Waals surface area contributed by atoms with Crippen LogP contribution in [0, 0.1) is 5.41 Å². The first-order chi connectivity index (χ1) is 19.3. The highest BCUT2D eigenvalue weighted by Gasteiger charge is 2.25. The maximum atomic E-state index is 13.6. The quantitative estimate of drug-likeness (QED) is 0.184. The number of nitrogens with zero attached hydrogens (tertiary/aromatic N) is 1. The molecule has 40 heavy (non-hydrogen) atoms. The molecular weight excluding hydrogens is 532 g/mol. The van der Waals surface area contributed by atoms with Crippen LogP contribution in [0.2, 0.25) is 5.02 Å². The second kappa shape index (κ2) is 12.2. The fourth-order valence-corrected chi connectivity index (χ4v) is 4.28. The summed E-state index contributed by atoms with van der Waals surface area (Å²) in [7, 11) is 4.31. The number of hydrogen-bond donors (Lipinski definition) is 3. The van der Waals surface area contributed by atoms with Gasteiger partial charge >= 0.3 is 0 Å². The molecule has 4 N–H and O–H groups in total. The molecule has 0 spiro atoms. The van der Waals surface area contributed by atoms with Gasteiger partial charge in [-0.3, -0.25) is 15.0 Å². The third-order valence-electron chi connectivity index (χ3n) is 6.04. The van der Waals surface area contributed by atoms with Crippen LogP contribution in [-0.4, -0.2) is 39.1 Å². The predicted octanol–water partition coefficient (Wildman–Crippen LogP) is 5.83. The molecule has 0 atom stereocenters. The van der Waals surface area contributed by atoms with E-state index in [2.05, 4.69) is 5.32 Å². The summed E-state index contributed by atoms with van der Waals surface area (Å²) in [4.78, 5) is 27.7. The number of rotatable bonds is 8. The molecule has 4 aromatic carbocycles. The Hall–Kier alpha value is -5.02. The first kappa shape index (κ1) is 28.0. The SMILES string of the molecule is COc1cc(C(=O)N(C(=N)N)c2ccc(Cl)c(NC(=O)c3cccc(-c4ccccc4)c3)c2)cc(OC)c1OC. The average Bonchev–Trinajstić information content (AvgIpc) is 2.98. The molecule has 0 fully saturated rings. The molecule has 0 aliphatic carbocycles. The van der Waals surface area contributed by atoms with Gasteiger partial charge in [0, 0.05) is 11.1 Å². The zero-order valence-electron chi connectivity index (χ0n) is 22.0. The van der Waals surface area contributed by atoms with E-state index >= 15 is 0 Å². The largest absolute Gasteiger partial charge is 0.493 e. The van der Waals surface area contributed by atoms with Crippen molar-refractivity contribution in [3.63, 3.8) is 0 Å². The van der Waals surface area contributed by atoms with Crippen molar-refractivity contribution >= 4 is 40.7 Å². The zero-order valence-corrected chi connectivity index (χ0v) is 22.8. The summed E-state index contributed by atoms with van der Waals surface area (Å²) in [6.45, 7) is 0. The van der Waals surface area contributed by atoms with Crippen molar-refractivity contribution in [3.05, 3.63) is 101 Å². The first-order valence-corrected chi connectivity index (χ1v) is 12.4. The predicted molar refractivity (Wildman–Crippen MR) is 156 cm³/mol. The van der Waals surface area contributed by atoms with Crippen molar-refractivity contribution in [1.29, 1.82) is 5.41 Å². The van der Waals surface area contributed by atoms with Gasteiger partial charge in [0.15, 0.2) is 17.5 Å². The Balaban J connectivity index is 1.66. The van der Waals surface area contributed by atoms with Gasteiger partial charge in [-0.1, -0.05) is 54.1 Å². The van der Waals surface area contributed by atoms with Crippen LogP contribution in [0.15, 0.2) is 84.9 Å². The fourth-order valence-electron chi connectivity index (χ4n) is 4.11. The summed E-state index contributed by atoms with van der Waals surface area (Å²) >= 11 is 6.40. The first-order valence-electron chi connectivity index (χ1n) is 12.0. The maximum absolute atomic E-state index is 13.6. The molecule has 10 heteroatoms. The second-order valence-corrected chi connectivity index (χ2v) is 8.91. The summed E-state index contributed by atoms with van der Waals surface area (Å²) in [6, 6.07) is 24.3. The lowest BCUT2D eigenvalue weighted by atomic mass is 10.0. The van der Waals surface area contributed by atoms with Gasteiger partial charge in [-0.25, -0.2) is 4.90 Å². The van der Waals surface area contributed by atoms with Crippen molar-refractivity contribution in [2.45, 2.75) is 0 Å². The molecule has 0 bridgehead atoms. The summed E-state index contributed by atoms with van der Waals surface area (Å²) in [6.07, 6.45) is 0. The molecule has 4 rings (SSSR count). The number of halogens is 1. The average molecular weight is 559 g/mol. The minimum atomic E-state index is -0.637. The Morgan fingerprint density at radius 2 is 1.45 bits per heavy atom. The Morgan fingerprint density at radius 1 is 0.800 bits per heavy atom. The number of nitrogens with two attached hydrogens (primary N) is 1. The molecule has 0 radical (unpaired) electrons. The summed E-state index contributed by atoms with van der Waals surface area (Å²) < 4.78 is 16.0. The number of carbonyl (C=O) groups is 2. The number of benzene rings is 4. The highest BCUT2D eigenvalue weighted by atomic mass is 35.5. The number of carbonyl (C=O) groups excluding carboxylic acids is 2. The Kier molecular flexibility index (Phi) is 8.56. The second-order valence-electron chi connectivity index (χ2n) is 8.50. The van der Waals surface area contributed by atoms with E-state index in [9.17, 15) is 9.59 Å². The van der Waals surface area contributed by atoms with Crippen LogP contribution in [0.1, 0.15) is 20.7 Å². The number of nitrogens with one attached hydrogen (secondary N) is 2. The van der Waals surface area contributed by atoms with Crippen molar-refractivity contribution in [2.75, 3.05) is 31.5 Å². The summed E-state index contributed by atoms with van der Waals surface area (Å²) in [5.74, 6) is -0.757. The molecule has 2 amide bonds. The summed E-state index contributed by atoms with van der Waals surface area (Å²) in [5, 5.41) is 11.2. The van der Waals surface area contributed by atoms with Crippen LogP contribution < -0.4 is 30.2 Å². The number of ether oxygens (including phenoxy) is 3. The number of guanidine groups is 1. The molecule has 0 saturated heterocycles. The van der Waals surface area contributed by atoms with E-state index in [-0.39, 0.29) is 33.5 Å². The molecular formula is C30H27ClN4O5. The van der Waals surface area contributed by atoms with Crippen molar-refractivity contribution in [3.8, 4) is 28.4 Å². The molecule has 0 saturated carbocycles. The van der Waals surface area contributed by atoms with E-state index in [0.717, 1.165) is 16.0 Å². The maximum Gasteiger partial charge on any atom is 0.265 e.